The first kappa shape index (κ1) is 17.6. The fraction of sp³-hybridized carbons (Fsp3) is 0.292. The summed E-state index contributed by atoms with van der Waals surface area (Å²) in [4.78, 5) is 12.4. The number of fused-ring (bicyclic) bond motifs is 2. The highest BCUT2D eigenvalue weighted by Crippen LogP contribution is 2.23. The first-order chi connectivity index (χ1) is 13.2. The summed E-state index contributed by atoms with van der Waals surface area (Å²) in [6.07, 6.45) is 5.31. The Kier molecular flexibility index (Phi) is 5.10. The maximum Gasteiger partial charge on any atom is 0.224 e. The monoisotopic (exact) mass is 359 g/mol. The van der Waals surface area contributed by atoms with Gasteiger partial charge in [-0.2, -0.15) is 0 Å². The number of carbonyl (C=O) groups excluding carboxylic acids is 1. The van der Waals surface area contributed by atoms with Crippen LogP contribution in [-0.4, -0.2) is 13.0 Å². The van der Waals surface area contributed by atoms with Gasteiger partial charge in [-0.15, -0.1) is 0 Å². The van der Waals surface area contributed by atoms with Gasteiger partial charge in [0.05, 0.1) is 13.5 Å². The van der Waals surface area contributed by atoms with Gasteiger partial charge in [0.2, 0.25) is 5.91 Å². The lowest BCUT2D eigenvalue weighted by atomic mass is 9.90. The van der Waals surface area contributed by atoms with Crippen LogP contribution in [0.2, 0.25) is 0 Å². The third-order valence-corrected chi connectivity index (χ3v) is 5.38. The van der Waals surface area contributed by atoms with Crippen LogP contribution in [0.4, 0.5) is 0 Å². The van der Waals surface area contributed by atoms with Gasteiger partial charge in [-0.1, -0.05) is 36.4 Å². The van der Waals surface area contributed by atoms with Gasteiger partial charge in [0.15, 0.2) is 0 Å². The van der Waals surface area contributed by atoms with Crippen molar-refractivity contribution in [3.63, 3.8) is 0 Å². The van der Waals surface area contributed by atoms with Crippen LogP contribution in [0.3, 0.4) is 0 Å². The van der Waals surface area contributed by atoms with Gasteiger partial charge >= 0.3 is 0 Å². The Balaban J connectivity index is 1.38. The topological polar surface area (TPSA) is 38.3 Å². The molecule has 1 aliphatic rings. The number of carbonyl (C=O) groups is 1. The molecule has 0 fully saturated rings. The molecular weight excluding hydrogens is 334 g/mol. The lowest BCUT2D eigenvalue weighted by molar-refractivity contribution is -0.120. The molecule has 138 valence electrons. The summed E-state index contributed by atoms with van der Waals surface area (Å²) >= 11 is 0. The molecule has 3 nitrogen and oxygen atoms in total. The van der Waals surface area contributed by atoms with Gasteiger partial charge in [0.1, 0.15) is 5.75 Å². The van der Waals surface area contributed by atoms with Crippen LogP contribution in [0, 0.1) is 0 Å². The van der Waals surface area contributed by atoms with E-state index in [0.29, 0.717) is 13.0 Å². The highest BCUT2D eigenvalue weighted by Gasteiger charge is 2.11. The molecule has 1 amide bonds. The molecule has 0 aliphatic heterocycles. The summed E-state index contributed by atoms with van der Waals surface area (Å²) in [6.45, 7) is 0.547. The molecule has 0 unspecified atom stereocenters. The summed E-state index contributed by atoms with van der Waals surface area (Å²) in [6, 6.07) is 18.8. The lowest BCUT2D eigenvalue weighted by Gasteiger charge is -2.16. The van der Waals surface area contributed by atoms with E-state index in [2.05, 4.69) is 41.7 Å². The fourth-order valence-corrected chi connectivity index (χ4v) is 3.86. The second kappa shape index (κ2) is 7.83. The van der Waals surface area contributed by atoms with E-state index < -0.39 is 0 Å². The average molecular weight is 359 g/mol. The van der Waals surface area contributed by atoms with Crippen molar-refractivity contribution in [3.8, 4) is 5.75 Å². The minimum absolute atomic E-state index is 0.0700. The number of nitrogens with one attached hydrogen (secondary N) is 1. The smallest absolute Gasteiger partial charge is 0.224 e. The number of hydrogen-bond donors (Lipinski definition) is 1. The molecule has 3 aromatic rings. The number of benzene rings is 3. The summed E-state index contributed by atoms with van der Waals surface area (Å²) in [5.74, 6) is 0.925. The SMILES string of the molecule is COc1ccc2cc(CNC(=O)Cc3ccc4c(c3)CCCC4)ccc2c1. The molecular formula is C24H25NO2. The van der Waals surface area contributed by atoms with Crippen LogP contribution in [-0.2, 0) is 30.6 Å². The van der Waals surface area contributed by atoms with Crippen LogP contribution in [0.5, 0.6) is 5.75 Å². The average Bonchev–Trinajstić information content (AvgIpc) is 2.71. The van der Waals surface area contributed by atoms with Crippen molar-refractivity contribution < 1.29 is 9.53 Å². The van der Waals surface area contributed by atoms with E-state index in [1.165, 1.54) is 30.4 Å². The molecule has 4 rings (SSSR count). The maximum atomic E-state index is 12.4. The van der Waals surface area contributed by atoms with Gasteiger partial charge in [0.25, 0.3) is 0 Å². The molecule has 0 aromatic heterocycles. The molecule has 0 radical (unpaired) electrons. The molecule has 1 aliphatic carbocycles. The van der Waals surface area contributed by atoms with Crippen molar-refractivity contribution in [3.05, 3.63) is 76.9 Å². The molecule has 0 saturated heterocycles. The van der Waals surface area contributed by atoms with Crippen molar-refractivity contribution in [2.45, 2.75) is 38.6 Å². The molecule has 3 heteroatoms. The van der Waals surface area contributed by atoms with Crippen molar-refractivity contribution in [1.29, 1.82) is 0 Å². The Morgan fingerprint density at radius 2 is 1.63 bits per heavy atom. The maximum absolute atomic E-state index is 12.4. The van der Waals surface area contributed by atoms with E-state index in [0.717, 1.165) is 34.1 Å². The minimum atomic E-state index is 0.0700. The minimum Gasteiger partial charge on any atom is -0.497 e. The number of methoxy groups -OCH3 is 1. The standard InChI is InChI=1S/C24H25NO2/c1-27-23-11-10-21-13-18(7-9-22(21)15-23)16-25-24(26)14-17-6-8-19-4-2-3-5-20(19)12-17/h6-13,15H,2-5,14,16H2,1H3,(H,25,26). The molecule has 0 bridgehead atoms. The van der Waals surface area contributed by atoms with Gasteiger partial charge in [-0.3, -0.25) is 4.79 Å². The lowest BCUT2D eigenvalue weighted by Crippen LogP contribution is -2.24. The first-order valence-electron chi connectivity index (χ1n) is 9.65. The molecule has 3 aromatic carbocycles. The van der Waals surface area contributed by atoms with Gasteiger partial charge in [-0.25, -0.2) is 0 Å². The Morgan fingerprint density at radius 3 is 2.48 bits per heavy atom. The molecule has 0 spiro atoms. The zero-order chi connectivity index (χ0) is 18.6. The second-order valence-corrected chi connectivity index (χ2v) is 7.31. The highest BCUT2D eigenvalue weighted by atomic mass is 16.5. The highest BCUT2D eigenvalue weighted by molar-refractivity contribution is 5.85. The third kappa shape index (κ3) is 4.13. The van der Waals surface area contributed by atoms with Crippen molar-refractivity contribution >= 4 is 16.7 Å². The molecule has 0 atom stereocenters. The quantitative estimate of drug-likeness (QED) is 0.724. The number of ether oxygens (including phenoxy) is 1. The predicted molar refractivity (Wildman–Crippen MR) is 109 cm³/mol. The normalized spacial score (nSPS) is 13.2. The van der Waals surface area contributed by atoms with Gasteiger partial charge < -0.3 is 10.1 Å². The Labute approximate surface area is 160 Å². The summed E-state index contributed by atoms with van der Waals surface area (Å²) in [5.41, 5.74) is 5.10. The van der Waals surface area contributed by atoms with Gasteiger partial charge in [0, 0.05) is 6.54 Å². The van der Waals surface area contributed by atoms with Gasteiger partial charge in [-0.05, 0) is 76.9 Å². The van der Waals surface area contributed by atoms with Crippen LogP contribution in [0.25, 0.3) is 10.8 Å². The zero-order valence-electron chi connectivity index (χ0n) is 15.8. The van der Waals surface area contributed by atoms with E-state index in [4.69, 9.17) is 4.74 Å². The first-order valence-corrected chi connectivity index (χ1v) is 9.65. The molecule has 0 saturated carbocycles. The summed E-state index contributed by atoms with van der Waals surface area (Å²) in [5, 5.41) is 5.34. The summed E-state index contributed by atoms with van der Waals surface area (Å²) < 4.78 is 5.27. The van der Waals surface area contributed by atoms with E-state index in [9.17, 15) is 4.79 Å². The predicted octanol–water partition coefficient (Wildman–Crippen LogP) is 4.59. The van der Waals surface area contributed by atoms with E-state index in [-0.39, 0.29) is 5.91 Å². The number of hydrogen-bond acceptors (Lipinski definition) is 2. The Bertz CT molecular complexity index is 977. The molecule has 0 heterocycles. The molecule has 1 N–H and O–H groups in total. The number of rotatable bonds is 5. The Morgan fingerprint density at radius 1 is 0.889 bits per heavy atom. The van der Waals surface area contributed by atoms with E-state index >= 15 is 0 Å². The third-order valence-electron chi connectivity index (χ3n) is 5.38. The fourth-order valence-electron chi connectivity index (χ4n) is 3.86. The van der Waals surface area contributed by atoms with E-state index in [1.54, 1.807) is 7.11 Å². The summed E-state index contributed by atoms with van der Waals surface area (Å²) in [7, 11) is 1.67. The molecule has 27 heavy (non-hydrogen) atoms. The van der Waals surface area contributed by atoms with Crippen molar-refractivity contribution in [2.24, 2.45) is 0 Å². The van der Waals surface area contributed by atoms with Crippen LogP contribution in [0.1, 0.15) is 35.1 Å². The largest absolute Gasteiger partial charge is 0.497 e. The number of aryl methyl sites for hydroxylation is 2. The Hall–Kier alpha value is -2.81. The van der Waals surface area contributed by atoms with Crippen LogP contribution >= 0.6 is 0 Å². The van der Waals surface area contributed by atoms with Crippen LogP contribution < -0.4 is 10.1 Å². The van der Waals surface area contributed by atoms with Crippen molar-refractivity contribution in [1.82, 2.24) is 5.32 Å². The van der Waals surface area contributed by atoms with Crippen LogP contribution in [0.15, 0.2) is 54.6 Å². The number of amides is 1. The van der Waals surface area contributed by atoms with Crippen molar-refractivity contribution in [2.75, 3.05) is 7.11 Å². The second-order valence-electron chi connectivity index (χ2n) is 7.31. The van der Waals surface area contributed by atoms with E-state index in [1.807, 2.05) is 18.2 Å². The zero-order valence-corrected chi connectivity index (χ0v) is 15.8.